The predicted molar refractivity (Wildman–Crippen MR) is 104 cm³/mol. The summed E-state index contributed by atoms with van der Waals surface area (Å²) in [6.45, 7) is 4.49. The number of rotatable bonds is 7. The van der Waals surface area contributed by atoms with Gasteiger partial charge in [-0.1, -0.05) is 28.1 Å². The molecule has 0 aliphatic carbocycles. The van der Waals surface area contributed by atoms with Gasteiger partial charge in [0.25, 0.3) is 0 Å². The topological polar surface area (TPSA) is 33.7 Å². The number of ether oxygens (including phenoxy) is 2. The summed E-state index contributed by atoms with van der Waals surface area (Å²) in [4.78, 5) is 2.41. The summed E-state index contributed by atoms with van der Waals surface area (Å²) in [5, 5.41) is 3.42. The van der Waals surface area contributed by atoms with E-state index in [1.54, 1.807) is 13.2 Å². The van der Waals surface area contributed by atoms with E-state index in [9.17, 15) is 4.39 Å². The van der Waals surface area contributed by atoms with Crippen LogP contribution in [-0.4, -0.2) is 44.9 Å². The zero-order chi connectivity index (χ0) is 18.4. The Hall–Kier alpha value is -1.47. The lowest BCUT2D eigenvalue weighted by molar-refractivity contribution is 0.0161. The molecule has 0 saturated carbocycles. The fraction of sp³-hybridized carbons (Fsp3) is 0.400. The van der Waals surface area contributed by atoms with Crippen LogP contribution in [-0.2, 0) is 11.3 Å². The van der Waals surface area contributed by atoms with Crippen LogP contribution in [0.25, 0.3) is 0 Å². The lowest BCUT2D eigenvalue weighted by atomic mass is 10.0. The second-order valence-electron chi connectivity index (χ2n) is 6.30. The van der Waals surface area contributed by atoms with E-state index < -0.39 is 0 Å². The van der Waals surface area contributed by atoms with Gasteiger partial charge in [0.1, 0.15) is 11.6 Å². The number of hydrogen-bond acceptors (Lipinski definition) is 4. The van der Waals surface area contributed by atoms with Crippen molar-refractivity contribution in [1.29, 1.82) is 0 Å². The molecule has 2 aromatic carbocycles. The van der Waals surface area contributed by atoms with Crippen LogP contribution in [0.2, 0.25) is 0 Å². The summed E-state index contributed by atoms with van der Waals surface area (Å²) < 4.78 is 25.6. The molecule has 1 atom stereocenters. The van der Waals surface area contributed by atoms with E-state index in [0.29, 0.717) is 12.1 Å². The highest BCUT2D eigenvalue weighted by Gasteiger charge is 2.22. The van der Waals surface area contributed by atoms with Crippen molar-refractivity contribution in [2.45, 2.75) is 12.6 Å². The van der Waals surface area contributed by atoms with E-state index in [-0.39, 0.29) is 11.9 Å². The minimum absolute atomic E-state index is 0.187. The first-order valence-electron chi connectivity index (χ1n) is 8.78. The Morgan fingerprint density at radius 3 is 2.62 bits per heavy atom. The lowest BCUT2D eigenvalue weighted by Crippen LogP contribution is -2.42. The van der Waals surface area contributed by atoms with Crippen molar-refractivity contribution >= 4 is 15.9 Å². The molecule has 3 rings (SSSR count). The molecule has 2 aromatic rings. The van der Waals surface area contributed by atoms with Crippen LogP contribution in [0, 0.1) is 5.82 Å². The number of nitrogens with zero attached hydrogens (tertiary/aromatic N) is 1. The van der Waals surface area contributed by atoms with E-state index in [4.69, 9.17) is 9.47 Å². The maximum Gasteiger partial charge on any atom is 0.127 e. The van der Waals surface area contributed by atoms with Gasteiger partial charge in [0, 0.05) is 42.3 Å². The molecule has 1 aliphatic heterocycles. The van der Waals surface area contributed by atoms with Crippen molar-refractivity contribution in [2.24, 2.45) is 0 Å². The summed E-state index contributed by atoms with van der Waals surface area (Å²) in [5.74, 6) is 0.659. The van der Waals surface area contributed by atoms with Crippen LogP contribution < -0.4 is 10.1 Å². The molecule has 1 aliphatic rings. The van der Waals surface area contributed by atoms with Gasteiger partial charge in [-0.15, -0.1) is 0 Å². The summed E-state index contributed by atoms with van der Waals surface area (Å²) in [6, 6.07) is 13.4. The Labute approximate surface area is 162 Å². The maximum absolute atomic E-state index is 14.0. The molecule has 26 heavy (non-hydrogen) atoms. The molecule has 0 radical (unpaired) electrons. The van der Waals surface area contributed by atoms with Crippen molar-refractivity contribution < 1.29 is 13.9 Å². The van der Waals surface area contributed by atoms with E-state index in [2.05, 4.69) is 38.3 Å². The molecule has 0 bridgehead atoms. The maximum atomic E-state index is 14.0. The van der Waals surface area contributed by atoms with E-state index in [1.165, 1.54) is 11.6 Å². The lowest BCUT2D eigenvalue weighted by Gasteiger charge is -2.35. The van der Waals surface area contributed by atoms with E-state index in [1.807, 2.05) is 18.2 Å². The van der Waals surface area contributed by atoms with Gasteiger partial charge >= 0.3 is 0 Å². The Morgan fingerprint density at radius 2 is 1.92 bits per heavy atom. The first-order chi connectivity index (χ1) is 12.7. The molecule has 0 aromatic heterocycles. The summed E-state index contributed by atoms with van der Waals surface area (Å²) in [5.41, 5.74) is 1.88. The average molecular weight is 423 g/mol. The van der Waals surface area contributed by atoms with Gasteiger partial charge in [-0.25, -0.2) is 4.39 Å². The first-order valence-corrected chi connectivity index (χ1v) is 9.57. The molecule has 0 amide bonds. The van der Waals surface area contributed by atoms with Crippen LogP contribution in [0.3, 0.4) is 0 Å². The van der Waals surface area contributed by atoms with Gasteiger partial charge in [0.05, 0.1) is 20.3 Å². The SMILES string of the molecule is COc1ccc([C@@H](CNCc2cc(Br)ccc2F)N2CCOCC2)cc1. The Morgan fingerprint density at radius 1 is 1.19 bits per heavy atom. The second kappa shape index (κ2) is 9.46. The second-order valence-corrected chi connectivity index (χ2v) is 7.22. The molecule has 1 N–H and O–H groups in total. The van der Waals surface area contributed by atoms with Crippen LogP contribution in [0.4, 0.5) is 4.39 Å². The predicted octanol–water partition coefficient (Wildman–Crippen LogP) is 3.76. The summed E-state index contributed by atoms with van der Waals surface area (Å²) in [6.07, 6.45) is 0. The minimum Gasteiger partial charge on any atom is -0.497 e. The van der Waals surface area contributed by atoms with Crippen LogP contribution in [0.15, 0.2) is 46.9 Å². The number of benzene rings is 2. The van der Waals surface area contributed by atoms with Crippen molar-refractivity contribution in [3.63, 3.8) is 0 Å². The van der Waals surface area contributed by atoms with E-state index in [0.717, 1.165) is 43.1 Å². The number of nitrogens with one attached hydrogen (secondary N) is 1. The van der Waals surface area contributed by atoms with Gasteiger partial charge in [-0.05, 0) is 35.9 Å². The zero-order valence-electron chi connectivity index (χ0n) is 14.9. The Balaban J connectivity index is 1.69. The smallest absolute Gasteiger partial charge is 0.127 e. The molecule has 0 unspecified atom stereocenters. The van der Waals surface area contributed by atoms with Crippen LogP contribution in [0.1, 0.15) is 17.2 Å². The molecule has 1 fully saturated rings. The highest BCUT2D eigenvalue weighted by Crippen LogP contribution is 2.24. The third-order valence-electron chi connectivity index (χ3n) is 4.65. The highest BCUT2D eigenvalue weighted by atomic mass is 79.9. The molecule has 1 saturated heterocycles. The summed E-state index contributed by atoms with van der Waals surface area (Å²) in [7, 11) is 1.67. The number of hydrogen-bond donors (Lipinski definition) is 1. The van der Waals surface area contributed by atoms with Crippen molar-refractivity contribution in [3.8, 4) is 5.75 Å². The molecule has 0 spiro atoms. The fourth-order valence-electron chi connectivity index (χ4n) is 3.20. The minimum atomic E-state index is -0.187. The molecule has 1 heterocycles. The highest BCUT2D eigenvalue weighted by molar-refractivity contribution is 9.10. The molecule has 140 valence electrons. The number of methoxy groups -OCH3 is 1. The zero-order valence-corrected chi connectivity index (χ0v) is 16.5. The van der Waals surface area contributed by atoms with E-state index >= 15 is 0 Å². The molecule has 6 heteroatoms. The van der Waals surface area contributed by atoms with Crippen LogP contribution >= 0.6 is 15.9 Å². The van der Waals surface area contributed by atoms with Crippen molar-refractivity contribution in [3.05, 3.63) is 63.9 Å². The normalized spacial score (nSPS) is 16.4. The Bertz CT molecular complexity index is 705. The quantitative estimate of drug-likeness (QED) is 0.736. The largest absolute Gasteiger partial charge is 0.497 e. The summed E-state index contributed by atoms with van der Waals surface area (Å²) >= 11 is 3.40. The van der Waals surface area contributed by atoms with Gasteiger partial charge in [0.2, 0.25) is 0 Å². The molecule has 4 nitrogen and oxygen atoms in total. The monoisotopic (exact) mass is 422 g/mol. The number of morpholine rings is 1. The Kier molecular flexibility index (Phi) is 7.02. The third-order valence-corrected chi connectivity index (χ3v) is 5.14. The average Bonchev–Trinajstić information content (AvgIpc) is 2.69. The molecular formula is C20H24BrFN2O2. The van der Waals surface area contributed by atoms with Gasteiger partial charge < -0.3 is 14.8 Å². The third kappa shape index (κ3) is 5.04. The standard InChI is InChI=1S/C20H24BrFN2O2/c1-25-18-5-2-15(3-6-18)20(24-8-10-26-11-9-24)14-23-13-16-12-17(21)4-7-19(16)22/h2-7,12,20,23H,8-11,13-14H2,1H3/t20-/m1/s1. The van der Waals surface area contributed by atoms with Gasteiger partial charge in [0.15, 0.2) is 0 Å². The fourth-order valence-corrected chi connectivity index (χ4v) is 3.60. The van der Waals surface area contributed by atoms with Crippen molar-refractivity contribution in [1.82, 2.24) is 10.2 Å². The van der Waals surface area contributed by atoms with Crippen molar-refractivity contribution in [2.75, 3.05) is 40.0 Å². The molecular weight excluding hydrogens is 399 g/mol. The first kappa shape index (κ1) is 19.3. The van der Waals surface area contributed by atoms with Gasteiger partial charge in [-0.3, -0.25) is 4.90 Å². The van der Waals surface area contributed by atoms with Gasteiger partial charge in [-0.2, -0.15) is 0 Å². The van der Waals surface area contributed by atoms with Crippen LogP contribution in [0.5, 0.6) is 5.75 Å². The number of halogens is 2.